The van der Waals surface area contributed by atoms with Crippen molar-refractivity contribution in [3.8, 4) is 0 Å². The van der Waals surface area contributed by atoms with Gasteiger partial charge in [0.05, 0.1) is 0 Å². The second-order valence-electron chi connectivity index (χ2n) is 4.26. The number of hydrogen-bond donors (Lipinski definition) is 0. The molecular formula is C16H18. The largest absolute Gasteiger partial charge is 0.0984 e. The van der Waals surface area contributed by atoms with Crippen LogP contribution in [0.4, 0.5) is 0 Å². The van der Waals surface area contributed by atoms with E-state index in [0.717, 1.165) is 12.8 Å². The number of allylic oxidation sites excluding steroid dienone is 3. The molecule has 0 unspecified atom stereocenters. The maximum absolute atomic E-state index is 3.91. The Morgan fingerprint density at radius 1 is 1.38 bits per heavy atom. The first kappa shape index (κ1) is 10.9. The van der Waals surface area contributed by atoms with E-state index in [1.165, 1.54) is 27.8 Å². The Bertz CT molecular complexity index is 473. The van der Waals surface area contributed by atoms with Crippen molar-refractivity contribution in [2.75, 3.05) is 0 Å². The molecule has 0 nitrogen and oxygen atoms in total. The zero-order valence-electron chi connectivity index (χ0n) is 10.1. The molecule has 16 heavy (non-hydrogen) atoms. The van der Waals surface area contributed by atoms with E-state index in [-0.39, 0.29) is 0 Å². The summed E-state index contributed by atoms with van der Waals surface area (Å²) >= 11 is 0. The fraction of sp³-hybridized carbons (Fsp3) is 0.250. The maximum Gasteiger partial charge on any atom is -0.0152 e. The lowest BCUT2D eigenvalue weighted by Crippen LogP contribution is -1.98. The molecule has 0 bridgehead atoms. The third-order valence-electron chi connectivity index (χ3n) is 3.27. The van der Waals surface area contributed by atoms with E-state index in [1.54, 1.807) is 0 Å². The Hall–Kier alpha value is -1.56. The highest BCUT2D eigenvalue weighted by Crippen LogP contribution is 2.28. The second-order valence-corrected chi connectivity index (χ2v) is 4.26. The smallest absolute Gasteiger partial charge is 0.0152 e. The van der Waals surface area contributed by atoms with Gasteiger partial charge in [-0.2, -0.15) is 0 Å². The fourth-order valence-electron chi connectivity index (χ4n) is 2.17. The van der Waals surface area contributed by atoms with E-state index in [4.69, 9.17) is 0 Å². The summed E-state index contributed by atoms with van der Waals surface area (Å²) in [6, 6.07) is 4.57. The predicted octanol–water partition coefficient (Wildman–Crippen LogP) is 4.71. The van der Waals surface area contributed by atoms with Gasteiger partial charge in [0, 0.05) is 0 Å². The highest BCUT2D eigenvalue weighted by atomic mass is 14.1. The Labute approximate surface area is 98.0 Å². The third-order valence-corrected chi connectivity index (χ3v) is 3.27. The number of rotatable bonds is 2. The van der Waals surface area contributed by atoms with Crippen LogP contribution >= 0.6 is 0 Å². The first-order valence-corrected chi connectivity index (χ1v) is 5.85. The molecular weight excluding hydrogens is 192 g/mol. The summed E-state index contributed by atoms with van der Waals surface area (Å²) in [6.07, 6.45) is 10.9. The van der Waals surface area contributed by atoms with Crippen molar-refractivity contribution in [1.29, 1.82) is 0 Å². The van der Waals surface area contributed by atoms with Gasteiger partial charge >= 0.3 is 0 Å². The summed E-state index contributed by atoms with van der Waals surface area (Å²) in [7, 11) is 0. The van der Waals surface area contributed by atoms with Gasteiger partial charge in [-0.1, -0.05) is 36.9 Å². The van der Waals surface area contributed by atoms with E-state index in [9.17, 15) is 0 Å². The summed E-state index contributed by atoms with van der Waals surface area (Å²) in [5.74, 6) is 0. The highest BCUT2D eigenvalue weighted by molar-refractivity contribution is 5.76. The predicted molar refractivity (Wildman–Crippen MR) is 73.2 cm³/mol. The van der Waals surface area contributed by atoms with Gasteiger partial charge in [-0.15, -0.1) is 0 Å². The summed E-state index contributed by atoms with van der Waals surface area (Å²) in [5.41, 5.74) is 6.70. The van der Waals surface area contributed by atoms with Gasteiger partial charge < -0.3 is 0 Å². The molecule has 0 atom stereocenters. The lowest BCUT2D eigenvalue weighted by Gasteiger charge is -2.15. The molecule has 1 aliphatic rings. The highest BCUT2D eigenvalue weighted by Gasteiger charge is 2.09. The van der Waals surface area contributed by atoms with Gasteiger partial charge in [0.1, 0.15) is 0 Å². The van der Waals surface area contributed by atoms with Crippen molar-refractivity contribution >= 4 is 17.7 Å². The van der Waals surface area contributed by atoms with Crippen molar-refractivity contribution in [1.82, 2.24) is 0 Å². The molecule has 1 aromatic rings. The second kappa shape index (κ2) is 4.52. The average molecular weight is 210 g/mol. The summed E-state index contributed by atoms with van der Waals surface area (Å²) in [6.45, 7) is 8.15. The van der Waals surface area contributed by atoms with Crippen LogP contribution in [0.5, 0.6) is 0 Å². The average Bonchev–Trinajstić information content (AvgIpc) is 2.36. The zero-order valence-corrected chi connectivity index (χ0v) is 10.1. The normalized spacial score (nSPS) is 14.8. The summed E-state index contributed by atoms with van der Waals surface area (Å²) < 4.78 is 0. The topological polar surface area (TPSA) is 0 Å². The molecule has 0 heteroatoms. The van der Waals surface area contributed by atoms with Crippen LogP contribution in [-0.2, 0) is 6.42 Å². The number of hydrogen-bond acceptors (Lipinski definition) is 0. The molecule has 0 aromatic heterocycles. The first-order chi connectivity index (χ1) is 7.76. The van der Waals surface area contributed by atoms with Crippen LogP contribution in [0.2, 0.25) is 0 Å². The van der Waals surface area contributed by atoms with Crippen LogP contribution in [0, 0.1) is 0 Å². The molecule has 0 fully saturated rings. The van der Waals surface area contributed by atoms with Crippen molar-refractivity contribution in [3.63, 3.8) is 0 Å². The van der Waals surface area contributed by atoms with Crippen molar-refractivity contribution in [3.05, 3.63) is 53.1 Å². The molecule has 82 valence electrons. The number of benzene rings is 1. The van der Waals surface area contributed by atoms with Gasteiger partial charge in [-0.3, -0.25) is 0 Å². The van der Waals surface area contributed by atoms with Crippen LogP contribution in [-0.4, -0.2) is 0 Å². The maximum atomic E-state index is 3.91. The van der Waals surface area contributed by atoms with Crippen molar-refractivity contribution in [2.24, 2.45) is 0 Å². The third kappa shape index (κ3) is 1.88. The molecule has 1 aromatic carbocycles. The van der Waals surface area contributed by atoms with Gasteiger partial charge in [-0.25, -0.2) is 0 Å². The molecule has 0 radical (unpaired) electrons. The Morgan fingerprint density at radius 3 is 2.88 bits per heavy atom. The van der Waals surface area contributed by atoms with Crippen LogP contribution in [0.1, 0.15) is 42.5 Å². The van der Waals surface area contributed by atoms with Crippen LogP contribution in [0.25, 0.3) is 17.7 Å². The first-order valence-electron chi connectivity index (χ1n) is 5.85. The molecule has 2 rings (SSSR count). The van der Waals surface area contributed by atoms with Crippen molar-refractivity contribution < 1.29 is 0 Å². The van der Waals surface area contributed by atoms with E-state index >= 15 is 0 Å². The summed E-state index contributed by atoms with van der Waals surface area (Å²) in [5, 5.41) is 0. The molecule has 0 aliphatic heterocycles. The van der Waals surface area contributed by atoms with E-state index in [0.29, 0.717) is 0 Å². The van der Waals surface area contributed by atoms with Gasteiger partial charge in [-0.05, 0) is 60.6 Å². The Morgan fingerprint density at radius 2 is 2.19 bits per heavy atom. The minimum atomic E-state index is 1.15. The minimum absolute atomic E-state index is 1.15. The number of aryl methyl sites for hydroxylation is 1. The van der Waals surface area contributed by atoms with Gasteiger partial charge in [0.15, 0.2) is 0 Å². The van der Waals surface area contributed by atoms with Gasteiger partial charge in [0.25, 0.3) is 0 Å². The summed E-state index contributed by atoms with van der Waals surface area (Å²) in [4.78, 5) is 0. The van der Waals surface area contributed by atoms with Crippen LogP contribution in [0.3, 0.4) is 0 Å². The number of fused-ring (bicyclic) bond motifs is 1. The zero-order chi connectivity index (χ0) is 11.5. The van der Waals surface area contributed by atoms with E-state index in [1.807, 2.05) is 6.08 Å². The molecule has 0 saturated carbocycles. The fourth-order valence-corrected chi connectivity index (χ4v) is 2.17. The lowest BCUT2D eigenvalue weighted by molar-refractivity contribution is 0.984. The molecule has 0 heterocycles. The minimum Gasteiger partial charge on any atom is -0.0984 e. The Balaban J connectivity index is 2.62. The Kier molecular flexibility index (Phi) is 3.09. The lowest BCUT2D eigenvalue weighted by atomic mass is 9.90. The molecule has 0 spiro atoms. The van der Waals surface area contributed by atoms with Crippen LogP contribution < -0.4 is 0 Å². The quantitative estimate of drug-likeness (QED) is 0.663. The van der Waals surface area contributed by atoms with Gasteiger partial charge in [0.2, 0.25) is 0 Å². The van der Waals surface area contributed by atoms with E-state index in [2.05, 4.69) is 50.8 Å². The van der Waals surface area contributed by atoms with E-state index < -0.39 is 0 Å². The standard InChI is InChI=1S/C16H18/c1-4-12(3)16-11-15-9-7-6-8-14(15)10-13(16)5-2/h4-5,7,9-11H,2,6,8H2,1,3H3/b12-4-. The van der Waals surface area contributed by atoms with Crippen LogP contribution in [0.15, 0.2) is 30.9 Å². The monoisotopic (exact) mass is 210 g/mol. The molecule has 1 aliphatic carbocycles. The molecule has 0 saturated heterocycles. The molecule has 0 N–H and O–H groups in total. The molecule has 0 amide bonds. The van der Waals surface area contributed by atoms with Crippen molar-refractivity contribution in [2.45, 2.75) is 26.7 Å². The SMILES string of the molecule is C=Cc1cc2c(cc1/C(C)=C\C)C=CCC2.